The maximum atomic E-state index is 13.6. The first kappa shape index (κ1) is 28.7. The van der Waals surface area contributed by atoms with Gasteiger partial charge in [0.1, 0.15) is 12.0 Å². The number of nitrogens with one attached hydrogen (secondary N) is 1. The Bertz CT molecular complexity index is 1440. The second kappa shape index (κ2) is 11.6. The van der Waals surface area contributed by atoms with E-state index in [2.05, 4.69) is 15.7 Å². The fourth-order valence-corrected chi connectivity index (χ4v) is 6.97. The monoisotopic (exact) mass is 578 g/mol. The molecule has 5 rings (SSSR count). The molecule has 40 heavy (non-hydrogen) atoms. The molecule has 10 heteroatoms. The Hall–Kier alpha value is -2.82. The lowest BCUT2D eigenvalue weighted by Gasteiger charge is -2.33. The maximum Gasteiger partial charge on any atom is 0.416 e. The van der Waals surface area contributed by atoms with Crippen LogP contribution < -0.4 is 4.72 Å². The van der Waals surface area contributed by atoms with Crippen LogP contribution in [0.15, 0.2) is 71.6 Å². The second-order valence-electron chi connectivity index (χ2n) is 10.7. The molecule has 0 spiro atoms. The molecule has 0 radical (unpaired) electrons. The number of sulfonamides is 1. The number of rotatable bonds is 7. The zero-order chi connectivity index (χ0) is 28.5. The molecule has 4 nitrogen and oxygen atoms in total. The first-order valence-electron chi connectivity index (χ1n) is 13.4. The highest BCUT2D eigenvalue weighted by atomic mass is 32.2. The number of halogens is 5. The summed E-state index contributed by atoms with van der Waals surface area (Å²) in [5, 5.41) is 0. The number of nitrogens with zero attached hydrogens (tertiary/aromatic N) is 1. The molecule has 0 unspecified atom stereocenters. The average Bonchev–Trinajstić information content (AvgIpc) is 2.92. The molecule has 0 amide bonds. The van der Waals surface area contributed by atoms with E-state index in [4.69, 9.17) is 0 Å². The number of benzene rings is 3. The molecule has 3 aromatic carbocycles. The fourth-order valence-electron chi connectivity index (χ4n) is 5.70. The van der Waals surface area contributed by atoms with Gasteiger partial charge in [-0.25, -0.2) is 21.9 Å². The van der Waals surface area contributed by atoms with Gasteiger partial charge in [0.25, 0.3) is 0 Å². The summed E-state index contributed by atoms with van der Waals surface area (Å²) in [6, 6.07) is 15.0. The van der Waals surface area contributed by atoms with Gasteiger partial charge in [-0.2, -0.15) is 13.2 Å². The topological polar surface area (TPSA) is 49.4 Å². The summed E-state index contributed by atoms with van der Waals surface area (Å²) in [6.07, 6.45) is -2.59. The van der Waals surface area contributed by atoms with Crippen molar-refractivity contribution >= 4 is 10.0 Å². The smallest absolute Gasteiger partial charge is 0.303 e. The molecule has 1 saturated heterocycles. The van der Waals surface area contributed by atoms with Crippen molar-refractivity contribution < 1.29 is 30.4 Å². The van der Waals surface area contributed by atoms with Gasteiger partial charge in [0.2, 0.25) is 10.0 Å². The fraction of sp³-hybridized carbons (Fsp3) is 0.400. The Balaban J connectivity index is 1.41. The standard InChI is InChI=1S/C30H31F5N2O2S/c31-25-7-5-21(6-8-25)22-17-23-16-20(10-13-37-14-11-26(32)12-15-37)4-9-28(23)29(18-22)36-40(38,39)27-3-1-2-24(19-27)30(33,34)35/h1-9,16,19,22,26,29,36H,10-15,17-18H2/t22-,29+/m0/s1. The van der Waals surface area contributed by atoms with Gasteiger partial charge in [0, 0.05) is 25.7 Å². The minimum atomic E-state index is -4.67. The van der Waals surface area contributed by atoms with Gasteiger partial charge in [-0.3, -0.25) is 0 Å². The molecule has 214 valence electrons. The molecular formula is C30H31F5N2O2S. The van der Waals surface area contributed by atoms with Crippen molar-refractivity contribution in [1.29, 1.82) is 0 Å². The average molecular weight is 579 g/mol. The van der Waals surface area contributed by atoms with Crippen LogP contribution in [0, 0.1) is 5.82 Å². The highest BCUT2D eigenvalue weighted by Crippen LogP contribution is 2.40. The van der Waals surface area contributed by atoms with Crippen LogP contribution in [0.25, 0.3) is 0 Å². The van der Waals surface area contributed by atoms with Crippen LogP contribution in [-0.2, 0) is 29.0 Å². The van der Waals surface area contributed by atoms with Crippen molar-refractivity contribution in [3.05, 3.63) is 100 Å². The minimum absolute atomic E-state index is 0.124. The normalized spacial score (nSPS) is 20.8. The molecule has 3 aromatic rings. The second-order valence-corrected chi connectivity index (χ2v) is 12.4. The molecule has 1 heterocycles. The van der Waals surface area contributed by atoms with Crippen LogP contribution in [0.2, 0.25) is 0 Å². The van der Waals surface area contributed by atoms with Crippen LogP contribution >= 0.6 is 0 Å². The van der Waals surface area contributed by atoms with E-state index in [1.54, 1.807) is 12.1 Å². The highest BCUT2D eigenvalue weighted by Gasteiger charge is 2.34. The quantitative estimate of drug-likeness (QED) is 0.323. The molecule has 1 aliphatic carbocycles. The number of hydrogen-bond donors (Lipinski definition) is 1. The Labute approximate surface area is 231 Å². The summed E-state index contributed by atoms with van der Waals surface area (Å²) in [7, 11) is -4.28. The first-order valence-corrected chi connectivity index (χ1v) is 14.9. The number of piperidine rings is 1. The van der Waals surface area contributed by atoms with Crippen LogP contribution in [0.4, 0.5) is 22.0 Å². The van der Waals surface area contributed by atoms with Crippen molar-refractivity contribution in [3.8, 4) is 0 Å². The zero-order valence-electron chi connectivity index (χ0n) is 21.8. The number of likely N-dealkylation sites (tertiary alicyclic amines) is 1. The SMILES string of the molecule is O=S(=O)(N[C@@H]1C[C@@H](c2ccc(F)cc2)Cc2cc(CCN3CCC(F)CC3)ccc21)c1cccc(C(F)(F)F)c1. The van der Waals surface area contributed by atoms with Crippen molar-refractivity contribution in [3.63, 3.8) is 0 Å². The van der Waals surface area contributed by atoms with Gasteiger partial charge in [-0.15, -0.1) is 0 Å². The Morgan fingerprint density at radius 3 is 2.38 bits per heavy atom. The molecule has 1 fully saturated rings. The Morgan fingerprint density at radius 2 is 1.68 bits per heavy atom. The van der Waals surface area contributed by atoms with E-state index in [9.17, 15) is 30.4 Å². The van der Waals surface area contributed by atoms with Crippen LogP contribution in [0.3, 0.4) is 0 Å². The largest absolute Gasteiger partial charge is 0.416 e. The van der Waals surface area contributed by atoms with E-state index in [0.29, 0.717) is 31.7 Å². The highest BCUT2D eigenvalue weighted by molar-refractivity contribution is 7.89. The molecule has 2 aliphatic rings. The minimum Gasteiger partial charge on any atom is -0.303 e. The third-order valence-electron chi connectivity index (χ3n) is 7.91. The Kier molecular flexibility index (Phi) is 8.31. The van der Waals surface area contributed by atoms with E-state index in [0.717, 1.165) is 66.5 Å². The lowest BCUT2D eigenvalue weighted by molar-refractivity contribution is -0.137. The van der Waals surface area contributed by atoms with Gasteiger partial charge >= 0.3 is 6.18 Å². The maximum absolute atomic E-state index is 13.6. The van der Waals surface area contributed by atoms with Gasteiger partial charge < -0.3 is 4.90 Å². The van der Waals surface area contributed by atoms with Gasteiger partial charge in [-0.05, 0) is 90.6 Å². The lowest BCUT2D eigenvalue weighted by Crippen LogP contribution is -2.35. The van der Waals surface area contributed by atoms with Gasteiger partial charge in [0.05, 0.1) is 10.5 Å². The van der Waals surface area contributed by atoms with E-state index in [-0.39, 0.29) is 11.7 Å². The summed E-state index contributed by atoms with van der Waals surface area (Å²) in [6.45, 7) is 2.23. The van der Waals surface area contributed by atoms with Crippen LogP contribution in [-0.4, -0.2) is 39.1 Å². The lowest BCUT2D eigenvalue weighted by atomic mass is 9.77. The van der Waals surface area contributed by atoms with Crippen molar-refractivity contribution in [2.24, 2.45) is 0 Å². The van der Waals surface area contributed by atoms with E-state index < -0.39 is 38.9 Å². The van der Waals surface area contributed by atoms with Crippen molar-refractivity contribution in [1.82, 2.24) is 9.62 Å². The number of fused-ring (bicyclic) bond motifs is 1. The van der Waals surface area contributed by atoms with Crippen molar-refractivity contribution in [2.45, 2.75) is 61.3 Å². The molecule has 0 aromatic heterocycles. The van der Waals surface area contributed by atoms with Crippen LogP contribution in [0.1, 0.15) is 59.0 Å². The zero-order valence-corrected chi connectivity index (χ0v) is 22.6. The molecular weight excluding hydrogens is 547 g/mol. The third-order valence-corrected chi connectivity index (χ3v) is 9.38. The molecule has 1 aliphatic heterocycles. The molecule has 0 bridgehead atoms. The number of alkyl halides is 4. The predicted molar refractivity (Wildman–Crippen MR) is 143 cm³/mol. The molecule has 0 saturated carbocycles. The van der Waals surface area contributed by atoms with E-state index in [1.165, 1.54) is 12.1 Å². The molecule has 1 N–H and O–H groups in total. The summed E-state index contributed by atoms with van der Waals surface area (Å²) in [5.41, 5.74) is 2.60. The third kappa shape index (κ3) is 6.72. The predicted octanol–water partition coefficient (Wildman–Crippen LogP) is 6.57. The summed E-state index contributed by atoms with van der Waals surface area (Å²) in [5.74, 6) is -0.498. The van der Waals surface area contributed by atoms with E-state index in [1.807, 2.05) is 12.1 Å². The summed E-state index contributed by atoms with van der Waals surface area (Å²) in [4.78, 5) is 1.78. The Morgan fingerprint density at radius 1 is 0.950 bits per heavy atom. The van der Waals surface area contributed by atoms with Gasteiger partial charge in [0.15, 0.2) is 0 Å². The van der Waals surface area contributed by atoms with Gasteiger partial charge in [-0.1, -0.05) is 36.4 Å². The van der Waals surface area contributed by atoms with E-state index >= 15 is 0 Å². The number of hydrogen-bond acceptors (Lipinski definition) is 3. The van der Waals surface area contributed by atoms with Crippen molar-refractivity contribution in [2.75, 3.05) is 19.6 Å². The summed E-state index contributed by atoms with van der Waals surface area (Å²) >= 11 is 0. The van der Waals surface area contributed by atoms with Crippen LogP contribution in [0.5, 0.6) is 0 Å². The molecule has 2 atom stereocenters. The summed E-state index contributed by atoms with van der Waals surface area (Å²) < 4.78 is 96.1. The first-order chi connectivity index (χ1) is 19.0.